The van der Waals surface area contributed by atoms with Crippen molar-refractivity contribution >= 4 is 5.96 Å². The van der Waals surface area contributed by atoms with Gasteiger partial charge in [-0.2, -0.15) is 5.10 Å². The number of aryl methyl sites for hydroxylation is 2. The van der Waals surface area contributed by atoms with Gasteiger partial charge in [-0.15, -0.1) is 0 Å². The third-order valence-electron chi connectivity index (χ3n) is 3.30. The lowest BCUT2D eigenvalue weighted by molar-refractivity contribution is 0.743. The predicted octanol–water partition coefficient (Wildman–Crippen LogP) is 2.11. The molecule has 5 nitrogen and oxygen atoms in total. The van der Waals surface area contributed by atoms with Crippen molar-refractivity contribution < 1.29 is 0 Å². The second kappa shape index (κ2) is 8.87. The zero-order valence-electron chi connectivity index (χ0n) is 13.4. The van der Waals surface area contributed by atoms with Crippen molar-refractivity contribution in [2.45, 2.75) is 26.3 Å². The van der Waals surface area contributed by atoms with E-state index >= 15 is 0 Å². The van der Waals surface area contributed by atoms with E-state index in [9.17, 15) is 0 Å². The quantitative estimate of drug-likeness (QED) is 0.468. The van der Waals surface area contributed by atoms with Gasteiger partial charge < -0.3 is 10.6 Å². The Morgan fingerprint density at radius 2 is 2.00 bits per heavy atom. The van der Waals surface area contributed by atoms with Crippen molar-refractivity contribution in [3.05, 3.63) is 53.9 Å². The lowest BCUT2D eigenvalue weighted by atomic mass is 10.1. The minimum absolute atomic E-state index is 0.641. The second-order valence-electron chi connectivity index (χ2n) is 5.23. The highest BCUT2D eigenvalue weighted by molar-refractivity contribution is 5.79. The predicted molar refractivity (Wildman–Crippen MR) is 90.8 cm³/mol. The highest BCUT2D eigenvalue weighted by Crippen LogP contribution is 2.01. The highest BCUT2D eigenvalue weighted by Gasteiger charge is 1.99. The Kier molecular flexibility index (Phi) is 6.48. The number of rotatable bonds is 7. The summed E-state index contributed by atoms with van der Waals surface area (Å²) in [6.07, 6.45) is 6.00. The smallest absolute Gasteiger partial charge is 0.191 e. The molecular weight excluding hydrogens is 274 g/mol. The molecule has 0 aliphatic heterocycles. The average molecular weight is 299 g/mol. The summed E-state index contributed by atoms with van der Waals surface area (Å²) in [5.41, 5.74) is 2.49. The number of aliphatic imine (C=N–C) groups is 1. The van der Waals surface area contributed by atoms with Crippen LogP contribution in [0.4, 0.5) is 0 Å². The fourth-order valence-corrected chi connectivity index (χ4v) is 2.21. The topological polar surface area (TPSA) is 54.2 Å². The van der Waals surface area contributed by atoms with E-state index in [-0.39, 0.29) is 0 Å². The van der Waals surface area contributed by atoms with Crippen LogP contribution in [-0.2, 0) is 20.0 Å². The Hall–Kier alpha value is -2.30. The van der Waals surface area contributed by atoms with Crippen molar-refractivity contribution in [2.75, 3.05) is 13.1 Å². The first-order valence-corrected chi connectivity index (χ1v) is 7.81. The zero-order valence-corrected chi connectivity index (χ0v) is 13.4. The summed E-state index contributed by atoms with van der Waals surface area (Å²) in [4.78, 5) is 4.58. The molecule has 1 heterocycles. The maximum atomic E-state index is 4.58. The molecule has 0 radical (unpaired) electrons. The van der Waals surface area contributed by atoms with Crippen molar-refractivity contribution in [1.29, 1.82) is 0 Å². The van der Waals surface area contributed by atoms with E-state index in [2.05, 4.69) is 58.0 Å². The van der Waals surface area contributed by atoms with Crippen LogP contribution in [0, 0.1) is 0 Å². The van der Waals surface area contributed by atoms with Gasteiger partial charge in [-0.1, -0.05) is 30.3 Å². The maximum absolute atomic E-state index is 4.58. The molecule has 0 spiro atoms. The number of benzene rings is 1. The molecule has 0 saturated heterocycles. The summed E-state index contributed by atoms with van der Waals surface area (Å²) < 4.78 is 1.80. The molecule has 2 rings (SSSR count). The number of hydrogen-bond acceptors (Lipinski definition) is 2. The van der Waals surface area contributed by atoms with Crippen LogP contribution < -0.4 is 10.6 Å². The molecule has 0 fully saturated rings. The monoisotopic (exact) mass is 299 g/mol. The summed E-state index contributed by atoms with van der Waals surface area (Å²) in [7, 11) is 1.92. The first-order valence-electron chi connectivity index (χ1n) is 7.81. The van der Waals surface area contributed by atoms with Crippen LogP contribution in [0.2, 0.25) is 0 Å². The molecule has 0 amide bonds. The molecule has 5 heteroatoms. The number of aromatic nitrogens is 2. The number of guanidine groups is 1. The minimum atomic E-state index is 0.641. The highest BCUT2D eigenvalue weighted by atomic mass is 15.2. The fraction of sp³-hybridized carbons (Fsp3) is 0.412. The molecule has 2 N–H and O–H groups in total. The molecule has 0 bridgehead atoms. The van der Waals surface area contributed by atoms with Crippen LogP contribution in [0.3, 0.4) is 0 Å². The van der Waals surface area contributed by atoms with E-state index in [0.717, 1.165) is 37.5 Å². The van der Waals surface area contributed by atoms with Gasteiger partial charge >= 0.3 is 0 Å². The zero-order chi connectivity index (χ0) is 15.6. The van der Waals surface area contributed by atoms with Crippen molar-refractivity contribution in [3.63, 3.8) is 0 Å². The Labute approximate surface area is 132 Å². The van der Waals surface area contributed by atoms with Gasteiger partial charge in [0.25, 0.3) is 0 Å². The minimum Gasteiger partial charge on any atom is -0.357 e. The average Bonchev–Trinajstić information content (AvgIpc) is 2.95. The normalized spacial score (nSPS) is 11.5. The van der Waals surface area contributed by atoms with Gasteiger partial charge in [0.2, 0.25) is 0 Å². The maximum Gasteiger partial charge on any atom is 0.191 e. The Morgan fingerprint density at radius 1 is 1.18 bits per heavy atom. The van der Waals surface area contributed by atoms with E-state index < -0.39 is 0 Å². The number of nitrogens with one attached hydrogen (secondary N) is 2. The Bertz CT molecular complexity index is 574. The van der Waals surface area contributed by atoms with E-state index in [4.69, 9.17) is 0 Å². The molecule has 0 unspecified atom stereocenters. The third-order valence-corrected chi connectivity index (χ3v) is 3.30. The Morgan fingerprint density at radius 3 is 2.68 bits per heavy atom. The molecule has 22 heavy (non-hydrogen) atoms. The second-order valence-corrected chi connectivity index (χ2v) is 5.23. The lowest BCUT2D eigenvalue weighted by Crippen LogP contribution is -2.37. The van der Waals surface area contributed by atoms with Crippen LogP contribution in [0.5, 0.6) is 0 Å². The summed E-state index contributed by atoms with van der Waals surface area (Å²) >= 11 is 0. The van der Waals surface area contributed by atoms with E-state index in [1.54, 1.807) is 4.68 Å². The molecule has 2 aromatic rings. The summed E-state index contributed by atoms with van der Waals surface area (Å²) in [5, 5.41) is 10.8. The first kappa shape index (κ1) is 16.1. The van der Waals surface area contributed by atoms with E-state index in [1.807, 2.05) is 19.4 Å². The van der Waals surface area contributed by atoms with E-state index in [0.29, 0.717) is 6.54 Å². The van der Waals surface area contributed by atoms with Crippen molar-refractivity contribution in [3.8, 4) is 0 Å². The lowest BCUT2D eigenvalue weighted by Gasteiger charge is -2.11. The van der Waals surface area contributed by atoms with Gasteiger partial charge in [-0.3, -0.25) is 4.68 Å². The van der Waals surface area contributed by atoms with E-state index in [1.165, 1.54) is 5.56 Å². The SMILES string of the molecule is CCNC(=NCc1cnn(C)c1)NCCCc1ccccc1. The standard InChI is InChI=1S/C17H25N5/c1-3-18-17(20-12-16-13-21-22(2)14-16)19-11-7-10-15-8-5-4-6-9-15/h4-6,8-9,13-14H,3,7,10-12H2,1-2H3,(H2,18,19,20). The van der Waals surface area contributed by atoms with Crippen LogP contribution >= 0.6 is 0 Å². The number of hydrogen-bond donors (Lipinski definition) is 2. The van der Waals surface area contributed by atoms with Gasteiger partial charge in [0.15, 0.2) is 5.96 Å². The first-order chi connectivity index (χ1) is 10.8. The fourth-order valence-electron chi connectivity index (χ4n) is 2.21. The molecule has 1 aromatic heterocycles. The van der Waals surface area contributed by atoms with Crippen molar-refractivity contribution in [2.24, 2.45) is 12.0 Å². The molecule has 0 saturated carbocycles. The molecule has 0 aliphatic rings. The summed E-state index contributed by atoms with van der Waals surface area (Å²) in [6, 6.07) is 10.6. The van der Waals surface area contributed by atoms with Crippen LogP contribution in [0.15, 0.2) is 47.7 Å². The van der Waals surface area contributed by atoms with Crippen LogP contribution in [0.25, 0.3) is 0 Å². The Balaban J connectivity index is 1.76. The molecule has 0 aliphatic carbocycles. The summed E-state index contributed by atoms with van der Waals surface area (Å²) in [6.45, 7) is 4.48. The van der Waals surface area contributed by atoms with Gasteiger partial charge in [-0.05, 0) is 25.3 Å². The third kappa shape index (κ3) is 5.60. The van der Waals surface area contributed by atoms with Gasteiger partial charge in [0, 0.05) is 31.9 Å². The van der Waals surface area contributed by atoms with Gasteiger partial charge in [-0.25, -0.2) is 4.99 Å². The number of nitrogens with zero attached hydrogens (tertiary/aromatic N) is 3. The van der Waals surface area contributed by atoms with Crippen LogP contribution in [0.1, 0.15) is 24.5 Å². The van der Waals surface area contributed by atoms with Gasteiger partial charge in [0.1, 0.15) is 0 Å². The molecular formula is C17H25N5. The van der Waals surface area contributed by atoms with Crippen molar-refractivity contribution in [1.82, 2.24) is 20.4 Å². The molecule has 0 atom stereocenters. The molecule has 118 valence electrons. The van der Waals surface area contributed by atoms with Crippen LogP contribution in [-0.4, -0.2) is 28.8 Å². The molecule has 1 aromatic carbocycles. The largest absolute Gasteiger partial charge is 0.357 e. The van der Waals surface area contributed by atoms with Gasteiger partial charge in [0.05, 0.1) is 12.7 Å². The summed E-state index contributed by atoms with van der Waals surface area (Å²) in [5.74, 6) is 0.861.